The molecule has 0 bridgehead atoms. The minimum absolute atomic E-state index is 0.0359. The fourth-order valence-electron chi connectivity index (χ4n) is 3.45. The Morgan fingerprint density at radius 2 is 2.03 bits per heavy atom. The lowest BCUT2D eigenvalue weighted by atomic mass is 10.1. The van der Waals surface area contributed by atoms with Gasteiger partial charge in [-0.05, 0) is 33.0 Å². The van der Waals surface area contributed by atoms with Crippen molar-refractivity contribution < 1.29 is 5.11 Å². The molecule has 0 fully saturated rings. The summed E-state index contributed by atoms with van der Waals surface area (Å²) in [7, 11) is 3.83. The minimum Gasteiger partial charge on any atom is -0.404 e. The van der Waals surface area contributed by atoms with E-state index in [2.05, 4.69) is 29.0 Å². The predicted octanol–water partition coefficient (Wildman–Crippen LogP) is 2.25. The van der Waals surface area contributed by atoms with E-state index in [1.165, 1.54) is 6.20 Å². The van der Waals surface area contributed by atoms with Gasteiger partial charge in [0.15, 0.2) is 0 Å². The summed E-state index contributed by atoms with van der Waals surface area (Å²) >= 11 is 0. The van der Waals surface area contributed by atoms with Crippen LogP contribution < -0.4 is 5.73 Å². The molecule has 0 aliphatic carbocycles. The molecule has 3 rings (SSSR count). The van der Waals surface area contributed by atoms with Gasteiger partial charge < -0.3 is 15.7 Å². The van der Waals surface area contributed by atoms with Crippen LogP contribution in [0.4, 0.5) is 0 Å². The van der Waals surface area contributed by atoms with Gasteiger partial charge in [0.1, 0.15) is 0 Å². The number of aliphatic hydroxyl groups is 1. The average Bonchev–Trinajstić information content (AvgIpc) is 3.44. The van der Waals surface area contributed by atoms with Crippen LogP contribution in [0.1, 0.15) is 38.4 Å². The molecule has 0 spiro atoms. The molecule has 0 amide bonds. The zero-order chi connectivity index (χ0) is 22.4. The molecule has 3 aromatic rings. The second-order valence-corrected chi connectivity index (χ2v) is 7.73. The quantitative estimate of drug-likeness (QED) is 0.483. The highest BCUT2D eigenvalue weighted by Gasteiger charge is 2.15. The van der Waals surface area contributed by atoms with Crippen LogP contribution >= 0.6 is 0 Å². The predicted molar refractivity (Wildman–Crippen MR) is 124 cm³/mol. The standard InChI is InChI=1S/C22H32N8O/c1-5-18(6-2)29-13-17(11-26-29)22-21-7-8-25-30(21)14-20(27-22)16(9-23)10-24-12-19(15-31)28(3)4/h7-11,13-14,18-19,31H,5-6,12,15,23H2,1-4H3. The summed E-state index contributed by atoms with van der Waals surface area (Å²) in [5, 5.41) is 18.4. The Morgan fingerprint density at radius 1 is 1.26 bits per heavy atom. The number of aliphatic hydroxyl groups excluding tert-OH is 1. The van der Waals surface area contributed by atoms with E-state index in [0.29, 0.717) is 23.9 Å². The van der Waals surface area contributed by atoms with Crippen molar-refractivity contribution in [3.63, 3.8) is 0 Å². The third-order valence-corrected chi connectivity index (χ3v) is 5.54. The summed E-state index contributed by atoms with van der Waals surface area (Å²) in [4.78, 5) is 11.3. The Morgan fingerprint density at radius 3 is 2.68 bits per heavy atom. The van der Waals surface area contributed by atoms with Crippen LogP contribution in [0.5, 0.6) is 0 Å². The molecule has 31 heavy (non-hydrogen) atoms. The maximum atomic E-state index is 9.48. The number of aromatic nitrogens is 5. The van der Waals surface area contributed by atoms with Gasteiger partial charge in [-0.2, -0.15) is 10.2 Å². The Balaban J connectivity index is 1.96. The molecule has 1 unspecified atom stereocenters. The number of rotatable bonds is 10. The van der Waals surface area contributed by atoms with Gasteiger partial charge in [0.2, 0.25) is 0 Å². The highest BCUT2D eigenvalue weighted by atomic mass is 16.3. The maximum Gasteiger partial charge on any atom is 0.0999 e. The van der Waals surface area contributed by atoms with Crippen LogP contribution in [0.2, 0.25) is 0 Å². The van der Waals surface area contributed by atoms with Crippen molar-refractivity contribution in [2.75, 3.05) is 27.2 Å². The highest BCUT2D eigenvalue weighted by Crippen LogP contribution is 2.26. The third-order valence-electron chi connectivity index (χ3n) is 5.54. The first-order valence-corrected chi connectivity index (χ1v) is 10.6. The van der Waals surface area contributed by atoms with Gasteiger partial charge in [0.05, 0.1) is 60.7 Å². The number of aliphatic imine (C=N–C) groups is 1. The first-order valence-electron chi connectivity index (χ1n) is 10.6. The summed E-state index contributed by atoms with van der Waals surface area (Å²) in [6, 6.07) is 2.24. The fourth-order valence-corrected chi connectivity index (χ4v) is 3.45. The molecule has 3 heterocycles. The summed E-state index contributed by atoms with van der Waals surface area (Å²) in [5.41, 5.74) is 9.87. The summed E-state index contributed by atoms with van der Waals surface area (Å²) in [6.07, 6.45) is 12.7. The number of nitrogens with zero attached hydrogens (tertiary/aromatic N) is 7. The lowest BCUT2D eigenvalue weighted by molar-refractivity contribution is 0.175. The molecule has 9 heteroatoms. The molecule has 0 saturated carbocycles. The van der Waals surface area contributed by atoms with E-state index in [0.717, 1.165) is 29.6 Å². The summed E-state index contributed by atoms with van der Waals surface area (Å²) in [5.74, 6) is 0. The first-order chi connectivity index (χ1) is 15.0. The topological polar surface area (TPSA) is 110 Å². The van der Waals surface area contributed by atoms with E-state index >= 15 is 0 Å². The van der Waals surface area contributed by atoms with Crippen molar-refractivity contribution in [3.05, 3.63) is 42.7 Å². The van der Waals surface area contributed by atoms with Crippen LogP contribution in [0.3, 0.4) is 0 Å². The Hall–Kier alpha value is -3.04. The van der Waals surface area contributed by atoms with Crippen molar-refractivity contribution >= 4 is 17.3 Å². The van der Waals surface area contributed by atoms with E-state index < -0.39 is 0 Å². The molecule has 3 aromatic heterocycles. The smallest absolute Gasteiger partial charge is 0.0999 e. The molecule has 9 nitrogen and oxygen atoms in total. The Labute approximate surface area is 182 Å². The van der Waals surface area contributed by atoms with Gasteiger partial charge in [0.25, 0.3) is 0 Å². The Kier molecular flexibility index (Phi) is 7.54. The van der Waals surface area contributed by atoms with Crippen LogP contribution in [0.15, 0.2) is 42.0 Å². The zero-order valence-corrected chi connectivity index (χ0v) is 18.7. The van der Waals surface area contributed by atoms with E-state index in [1.54, 1.807) is 16.9 Å². The molecule has 0 radical (unpaired) electrons. The lowest BCUT2D eigenvalue weighted by Gasteiger charge is -2.19. The monoisotopic (exact) mass is 424 g/mol. The Bertz CT molecular complexity index is 1040. The van der Waals surface area contributed by atoms with E-state index in [9.17, 15) is 5.11 Å². The van der Waals surface area contributed by atoms with E-state index in [1.807, 2.05) is 48.3 Å². The van der Waals surface area contributed by atoms with Crippen molar-refractivity contribution in [3.8, 4) is 11.3 Å². The molecule has 1 atom stereocenters. The number of hydrogen-bond donors (Lipinski definition) is 2. The first kappa shape index (κ1) is 22.6. The second kappa shape index (κ2) is 10.3. The molecule has 3 N–H and O–H groups in total. The maximum absolute atomic E-state index is 9.48. The van der Waals surface area contributed by atoms with Crippen molar-refractivity contribution in [1.82, 2.24) is 29.3 Å². The SMILES string of the molecule is CCC(CC)n1cc(-c2nc(C(C=NCC(CO)N(C)C)=CN)cn3nccc23)cn1. The molecule has 0 aliphatic rings. The fraction of sp³-hybridized carbons (Fsp3) is 0.455. The average molecular weight is 425 g/mol. The number of hydrogen-bond acceptors (Lipinski definition) is 7. The van der Waals surface area contributed by atoms with Crippen LogP contribution in [-0.2, 0) is 0 Å². The summed E-state index contributed by atoms with van der Waals surface area (Å²) in [6.45, 7) is 4.83. The normalized spacial score (nSPS) is 13.8. The molecule has 0 aromatic carbocycles. The van der Waals surface area contributed by atoms with Crippen molar-refractivity contribution in [2.24, 2.45) is 10.7 Å². The highest BCUT2D eigenvalue weighted by molar-refractivity contribution is 6.09. The minimum atomic E-state index is -0.0525. The van der Waals surface area contributed by atoms with Crippen molar-refractivity contribution in [2.45, 2.75) is 38.8 Å². The molecular weight excluding hydrogens is 392 g/mol. The van der Waals surface area contributed by atoms with Gasteiger partial charge in [-0.1, -0.05) is 13.8 Å². The summed E-state index contributed by atoms with van der Waals surface area (Å²) < 4.78 is 3.80. The van der Waals surface area contributed by atoms with E-state index in [-0.39, 0.29) is 12.6 Å². The molecule has 0 aliphatic heterocycles. The van der Waals surface area contributed by atoms with Gasteiger partial charge in [-0.15, -0.1) is 0 Å². The molecule has 0 saturated heterocycles. The van der Waals surface area contributed by atoms with Gasteiger partial charge >= 0.3 is 0 Å². The van der Waals surface area contributed by atoms with Crippen LogP contribution in [0, 0.1) is 0 Å². The van der Waals surface area contributed by atoms with Gasteiger partial charge in [-0.3, -0.25) is 9.67 Å². The van der Waals surface area contributed by atoms with E-state index in [4.69, 9.17) is 10.7 Å². The number of allylic oxidation sites excluding steroid dienone is 1. The number of nitrogens with two attached hydrogens (primary N) is 1. The number of likely N-dealkylation sites (N-methyl/N-ethyl adjacent to an activating group) is 1. The largest absolute Gasteiger partial charge is 0.404 e. The lowest BCUT2D eigenvalue weighted by Crippen LogP contribution is -2.34. The second-order valence-electron chi connectivity index (χ2n) is 7.73. The van der Waals surface area contributed by atoms with Gasteiger partial charge in [0, 0.05) is 29.7 Å². The van der Waals surface area contributed by atoms with Crippen LogP contribution in [0.25, 0.3) is 22.3 Å². The van der Waals surface area contributed by atoms with Crippen LogP contribution in [-0.4, -0.2) is 73.9 Å². The molecular formula is C22H32N8O. The third kappa shape index (κ3) is 5.00. The van der Waals surface area contributed by atoms with Gasteiger partial charge in [-0.25, -0.2) is 9.50 Å². The number of fused-ring (bicyclic) bond motifs is 1. The zero-order valence-electron chi connectivity index (χ0n) is 18.7. The molecule has 166 valence electrons. The van der Waals surface area contributed by atoms with Crippen molar-refractivity contribution in [1.29, 1.82) is 0 Å².